The van der Waals surface area contributed by atoms with Crippen molar-refractivity contribution in [2.45, 2.75) is 6.04 Å². The van der Waals surface area contributed by atoms with E-state index in [-0.39, 0.29) is 24.2 Å². The van der Waals surface area contributed by atoms with Crippen LogP contribution in [0.2, 0.25) is 0 Å². The number of nitrogens with zero attached hydrogens (tertiary/aromatic N) is 6. The van der Waals surface area contributed by atoms with E-state index in [9.17, 15) is 9.59 Å². The van der Waals surface area contributed by atoms with E-state index in [0.717, 1.165) is 5.56 Å². The topological polar surface area (TPSA) is 118 Å². The monoisotopic (exact) mass is 390 g/mol. The lowest BCUT2D eigenvalue weighted by Crippen LogP contribution is -2.40. The Morgan fingerprint density at radius 3 is 2.46 bits per heavy atom. The predicted molar refractivity (Wildman–Crippen MR) is 104 cm³/mol. The number of hydrogen-bond acceptors (Lipinski definition) is 8. The molecule has 0 radical (unpaired) electrons. The number of anilines is 2. The molecule has 2 heterocycles. The van der Waals surface area contributed by atoms with Crippen molar-refractivity contribution in [3.8, 4) is 5.88 Å². The lowest BCUT2D eigenvalue weighted by Gasteiger charge is -2.23. The first-order valence-corrected chi connectivity index (χ1v) is 8.55. The fraction of sp³-hybridized carbons (Fsp3) is 0.471. The molecule has 0 aromatic carbocycles. The molecule has 0 aliphatic carbocycles. The van der Waals surface area contributed by atoms with Gasteiger partial charge in [-0.1, -0.05) is 0 Å². The molecule has 0 unspecified atom stereocenters. The summed E-state index contributed by atoms with van der Waals surface area (Å²) < 4.78 is 6.85. The third-order valence-corrected chi connectivity index (χ3v) is 4.04. The average Bonchev–Trinajstić information content (AvgIpc) is 3.07. The number of likely N-dealkylation sites (N-methyl/N-ethyl adjacent to an activating group) is 1. The zero-order valence-electron chi connectivity index (χ0n) is 16.9. The first kappa shape index (κ1) is 21.1. The molecule has 0 aliphatic rings. The number of ether oxygens (including phenoxy) is 1. The highest BCUT2D eigenvalue weighted by Crippen LogP contribution is 2.29. The predicted octanol–water partition coefficient (Wildman–Crippen LogP) is -0.358. The second-order valence-electron chi connectivity index (χ2n) is 6.57. The van der Waals surface area contributed by atoms with Crippen molar-refractivity contribution in [3.63, 3.8) is 0 Å². The summed E-state index contributed by atoms with van der Waals surface area (Å²) in [7, 11) is 10.5. The molecule has 2 amide bonds. The van der Waals surface area contributed by atoms with Crippen LogP contribution in [0.5, 0.6) is 5.88 Å². The largest absolute Gasteiger partial charge is 0.479 e. The Bertz CT molecular complexity index is 834. The zero-order valence-corrected chi connectivity index (χ0v) is 16.9. The van der Waals surface area contributed by atoms with E-state index in [1.54, 1.807) is 29.9 Å². The van der Waals surface area contributed by atoms with Gasteiger partial charge in [0.15, 0.2) is 5.82 Å². The maximum Gasteiger partial charge on any atom is 0.313 e. The average molecular weight is 390 g/mol. The molecule has 11 heteroatoms. The SMILES string of the molecule is COc1ncnc(N(C)C)c1NC(=O)C(=O)NC[C@H](c1cnn(C)c1)N(C)C. The van der Waals surface area contributed by atoms with Crippen LogP contribution in [0.15, 0.2) is 18.7 Å². The lowest BCUT2D eigenvalue weighted by atomic mass is 10.1. The maximum absolute atomic E-state index is 12.4. The number of nitrogens with one attached hydrogen (secondary N) is 2. The summed E-state index contributed by atoms with van der Waals surface area (Å²) >= 11 is 0. The minimum absolute atomic E-state index is 0.127. The van der Waals surface area contributed by atoms with Crippen molar-refractivity contribution in [2.75, 3.05) is 52.1 Å². The quantitative estimate of drug-likeness (QED) is 0.616. The van der Waals surface area contributed by atoms with Crippen LogP contribution in [-0.4, -0.2) is 78.3 Å². The van der Waals surface area contributed by atoms with Gasteiger partial charge in [0, 0.05) is 39.4 Å². The molecule has 0 fully saturated rings. The van der Waals surface area contributed by atoms with Gasteiger partial charge in [0.1, 0.15) is 12.0 Å². The zero-order chi connectivity index (χ0) is 20.8. The molecular formula is C17H26N8O3. The van der Waals surface area contributed by atoms with Gasteiger partial charge in [0.05, 0.1) is 19.3 Å². The van der Waals surface area contributed by atoms with Crippen molar-refractivity contribution < 1.29 is 14.3 Å². The Labute approximate surface area is 163 Å². The van der Waals surface area contributed by atoms with Crippen molar-refractivity contribution in [3.05, 3.63) is 24.3 Å². The molecule has 0 spiro atoms. The highest BCUT2D eigenvalue weighted by Gasteiger charge is 2.23. The van der Waals surface area contributed by atoms with Crippen molar-refractivity contribution in [1.29, 1.82) is 0 Å². The summed E-state index contributed by atoms with van der Waals surface area (Å²) in [6.45, 7) is 0.244. The van der Waals surface area contributed by atoms with Crippen molar-refractivity contribution in [1.82, 2.24) is 30.0 Å². The van der Waals surface area contributed by atoms with E-state index in [0.29, 0.717) is 5.82 Å². The molecule has 0 saturated heterocycles. The summed E-state index contributed by atoms with van der Waals surface area (Å²) in [5.74, 6) is -1.01. The molecule has 2 rings (SSSR count). The van der Waals surface area contributed by atoms with Crippen LogP contribution >= 0.6 is 0 Å². The first-order valence-electron chi connectivity index (χ1n) is 8.55. The molecule has 11 nitrogen and oxygen atoms in total. The standard InChI is InChI=1S/C17H26N8O3/c1-23(2)12(11-7-21-25(5)9-11)8-18-15(26)16(27)22-13-14(24(3)4)19-10-20-17(13)28-6/h7,9-10,12H,8H2,1-6H3,(H,18,26)(H,22,27)/t12-/m1/s1. The van der Waals surface area contributed by atoms with Gasteiger partial charge in [0.25, 0.3) is 0 Å². The Balaban J connectivity index is 2.08. The molecule has 0 aliphatic heterocycles. The molecule has 2 aromatic rings. The van der Waals surface area contributed by atoms with Gasteiger partial charge < -0.3 is 25.2 Å². The van der Waals surface area contributed by atoms with E-state index < -0.39 is 11.8 Å². The fourth-order valence-electron chi connectivity index (χ4n) is 2.61. The van der Waals surface area contributed by atoms with Gasteiger partial charge >= 0.3 is 11.8 Å². The minimum Gasteiger partial charge on any atom is -0.479 e. The fourth-order valence-corrected chi connectivity index (χ4v) is 2.61. The molecule has 0 bridgehead atoms. The van der Waals surface area contributed by atoms with E-state index in [1.807, 2.05) is 32.2 Å². The van der Waals surface area contributed by atoms with Crippen LogP contribution in [0, 0.1) is 0 Å². The third kappa shape index (κ3) is 4.94. The van der Waals surface area contributed by atoms with Gasteiger partial charge in [-0.25, -0.2) is 4.98 Å². The van der Waals surface area contributed by atoms with Crippen LogP contribution in [-0.2, 0) is 16.6 Å². The maximum atomic E-state index is 12.4. The van der Waals surface area contributed by atoms with Gasteiger partial charge in [-0.3, -0.25) is 14.3 Å². The highest BCUT2D eigenvalue weighted by atomic mass is 16.5. The Hall–Kier alpha value is -3.21. The van der Waals surface area contributed by atoms with Crippen LogP contribution < -0.4 is 20.3 Å². The highest BCUT2D eigenvalue weighted by molar-refractivity contribution is 6.40. The van der Waals surface area contributed by atoms with E-state index in [2.05, 4.69) is 25.7 Å². The first-order chi connectivity index (χ1) is 13.2. The molecule has 2 aromatic heterocycles. The number of methoxy groups -OCH3 is 1. The summed E-state index contributed by atoms with van der Waals surface area (Å²) in [4.78, 5) is 36.4. The van der Waals surface area contributed by atoms with Crippen LogP contribution in [0.1, 0.15) is 11.6 Å². The molecule has 28 heavy (non-hydrogen) atoms. The van der Waals surface area contributed by atoms with E-state index in [1.165, 1.54) is 13.4 Å². The summed E-state index contributed by atoms with van der Waals surface area (Å²) in [5, 5.41) is 9.34. The van der Waals surface area contributed by atoms with Gasteiger partial charge in [-0.2, -0.15) is 10.1 Å². The normalized spacial score (nSPS) is 11.8. The summed E-state index contributed by atoms with van der Waals surface area (Å²) in [6, 6.07) is -0.127. The third-order valence-electron chi connectivity index (χ3n) is 4.04. The number of carbonyl (C=O) groups is 2. The smallest absolute Gasteiger partial charge is 0.313 e. The number of rotatable bonds is 7. The van der Waals surface area contributed by atoms with Gasteiger partial charge in [-0.15, -0.1) is 0 Å². The summed E-state index contributed by atoms with van der Waals surface area (Å²) in [6.07, 6.45) is 4.92. The molecular weight excluding hydrogens is 364 g/mol. The van der Waals surface area contributed by atoms with Gasteiger partial charge in [0.2, 0.25) is 5.88 Å². The van der Waals surface area contributed by atoms with Crippen LogP contribution in [0.4, 0.5) is 11.5 Å². The van der Waals surface area contributed by atoms with E-state index in [4.69, 9.17) is 4.74 Å². The van der Waals surface area contributed by atoms with Crippen LogP contribution in [0.3, 0.4) is 0 Å². The molecule has 2 N–H and O–H groups in total. The number of carbonyl (C=O) groups excluding carboxylic acids is 2. The number of amides is 2. The van der Waals surface area contributed by atoms with Crippen molar-refractivity contribution >= 4 is 23.3 Å². The number of aromatic nitrogens is 4. The van der Waals surface area contributed by atoms with Crippen LogP contribution in [0.25, 0.3) is 0 Å². The minimum atomic E-state index is -0.833. The Morgan fingerprint density at radius 1 is 1.21 bits per heavy atom. The van der Waals surface area contributed by atoms with Crippen molar-refractivity contribution in [2.24, 2.45) is 7.05 Å². The summed E-state index contributed by atoms with van der Waals surface area (Å²) in [5.41, 5.74) is 1.16. The second-order valence-corrected chi connectivity index (χ2v) is 6.57. The Kier molecular flexibility index (Phi) is 6.88. The Morgan fingerprint density at radius 2 is 1.93 bits per heavy atom. The molecule has 152 valence electrons. The second kappa shape index (κ2) is 9.13. The lowest BCUT2D eigenvalue weighted by molar-refractivity contribution is -0.136. The van der Waals surface area contributed by atoms with E-state index >= 15 is 0 Å². The number of aryl methyl sites for hydroxylation is 1. The number of hydrogen-bond donors (Lipinski definition) is 2. The van der Waals surface area contributed by atoms with Gasteiger partial charge in [-0.05, 0) is 14.1 Å². The molecule has 0 saturated carbocycles. The molecule has 1 atom stereocenters.